The Kier molecular flexibility index (Phi) is 7.57. The molecule has 3 rings (SSSR count). The number of carbonyl (C=O) groups excluding carboxylic acids is 2. The fourth-order valence-electron chi connectivity index (χ4n) is 2.87. The van der Waals surface area contributed by atoms with E-state index in [0.717, 1.165) is 4.31 Å². The molecular weight excluding hydrogens is 468 g/mol. The number of anilines is 2. The van der Waals surface area contributed by atoms with Crippen molar-refractivity contribution in [3.05, 3.63) is 83.4 Å². The van der Waals surface area contributed by atoms with Crippen LogP contribution in [0.15, 0.2) is 77.7 Å². The number of sulfonamides is 1. The number of amides is 1. The number of esters is 1. The van der Waals surface area contributed by atoms with Crippen LogP contribution in [-0.2, 0) is 19.6 Å². The fraction of sp³-hybridized carbons (Fsp3) is 0.130. The molecule has 3 aromatic carbocycles. The first kappa shape index (κ1) is 24.1. The highest BCUT2D eigenvalue weighted by molar-refractivity contribution is 7.92. The number of ether oxygens (including phenoxy) is 2. The number of hydrogen-bond acceptors (Lipinski definition) is 6. The predicted octanol–water partition coefficient (Wildman–Crippen LogP) is 3.97. The molecule has 1 N–H and O–H groups in total. The molecule has 0 spiro atoms. The van der Waals surface area contributed by atoms with Crippen molar-refractivity contribution < 1.29 is 27.5 Å². The Morgan fingerprint density at radius 1 is 1.00 bits per heavy atom. The Morgan fingerprint density at radius 3 is 2.39 bits per heavy atom. The molecule has 0 radical (unpaired) electrons. The lowest BCUT2D eigenvalue weighted by Crippen LogP contribution is -2.26. The van der Waals surface area contributed by atoms with Gasteiger partial charge >= 0.3 is 5.97 Å². The van der Waals surface area contributed by atoms with Crippen molar-refractivity contribution in [2.75, 3.05) is 30.4 Å². The third-order valence-corrected chi connectivity index (χ3v) is 6.69. The first-order valence-corrected chi connectivity index (χ1v) is 11.5. The smallest absolute Gasteiger partial charge is 0.338 e. The summed E-state index contributed by atoms with van der Waals surface area (Å²) in [4.78, 5) is 24.4. The molecule has 10 heteroatoms. The van der Waals surface area contributed by atoms with Crippen LogP contribution in [0.3, 0.4) is 0 Å². The Morgan fingerprint density at radius 2 is 1.73 bits per heavy atom. The minimum atomic E-state index is -3.91. The van der Waals surface area contributed by atoms with Gasteiger partial charge in [-0.15, -0.1) is 0 Å². The van der Waals surface area contributed by atoms with E-state index in [4.69, 9.17) is 21.1 Å². The van der Waals surface area contributed by atoms with Crippen LogP contribution in [0.1, 0.15) is 10.4 Å². The Bertz CT molecular complexity index is 1260. The van der Waals surface area contributed by atoms with Crippen molar-refractivity contribution in [1.29, 1.82) is 0 Å². The highest BCUT2D eigenvalue weighted by atomic mass is 35.5. The van der Waals surface area contributed by atoms with Gasteiger partial charge in [0, 0.05) is 12.7 Å². The maximum absolute atomic E-state index is 12.9. The summed E-state index contributed by atoms with van der Waals surface area (Å²) in [5, 5.41) is 2.86. The zero-order valence-corrected chi connectivity index (χ0v) is 19.4. The number of hydrogen-bond donors (Lipinski definition) is 1. The van der Waals surface area contributed by atoms with Gasteiger partial charge in [-0.25, -0.2) is 13.2 Å². The predicted molar refractivity (Wildman–Crippen MR) is 125 cm³/mol. The number of carbonyl (C=O) groups is 2. The maximum atomic E-state index is 12.9. The van der Waals surface area contributed by atoms with Crippen LogP contribution in [0.2, 0.25) is 5.02 Å². The van der Waals surface area contributed by atoms with Gasteiger partial charge in [-0.2, -0.15) is 0 Å². The zero-order valence-electron chi connectivity index (χ0n) is 17.8. The topological polar surface area (TPSA) is 102 Å². The van der Waals surface area contributed by atoms with Gasteiger partial charge in [0.15, 0.2) is 6.61 Å². The van der Waals surface area contributed by atoms with Crippen molar-refractivity contribution in [3.63, 3.8) is 0 Å². The highest BCUT2D eigenvalue weighted by Crippen LogP contribution is 2.27. The average molecular weight is 489 g/mol. The second kappa shape index (κ2) is 10.4. The largest absolute Gasteiger partial charge is 0.495 e. The lowest BCUT2D eigenvalue weighted by molar-refractivity contribution is -0.119. The third-order valence-electron chi connectivity index (χ3n) is 4.62. The van der Waals surface area contributed by atoms with Crippen LogP contribution in [0.4, 0.5) is 11.4 Å². The number of para-hydroxylation sites is 1. The second-order valence-corrected chi connectivity index (χ2v) is 9.19. The number of halogens is 1. The van der Waals surface area contributed by atoms with Crippen molar-refractivity contribution in [2.45, 2.75) is 4.90 Å². The van der Waals surface area contributed by atoms with Crippen molar-refractivity contribution in [1.82, 2.24) is 0 Å². The lowest BCUT2D eigenvalue weighted by Gasteiger charge is -2.19. The summed E-state index contributed by atoms with van der Waals surface area (Å²) in [6, 6.07) is 18.6. The SMILES string of the molecule is COc1ccc(NC(=O)COC(=O)c2cccc(S(=O)(=O)N(C)c3ccccc3)c2)cc1Cl. The van der Waals surface area contributed by atoms with Gasteiger partial charge in [-0.05, 0) is 48.5 Å². The number of methoxy groups -OCH3 is 1. The monoisotopic (exact) mass is 488 g/mol. The third kappa shape index (κ3) is 5.82. The van der Waals surface area contributed by atoms with E-state index in [9.17, 15) is 18.0 Å². The van der Waals surface area contributed by atoms with E-state index in [2.05, 4.69) is 5.32 Å². The van der Waals surface area contributed by atoms with Gasteiger partial charge in [-0.3, -0.25) is 9.10 Å². The summed E-state index contributed by atoms with van der Waals surface area (Å²) >= 11 is 6.02. The Balaban J connectivity index is 1.66. The van der Waals surface area contributed by atoms with E-state index < -0.39 is 28.5 Å². The number of nitrogens with one attached hydrogen (secondary N) is 1. The summed E-state index contributed by atoms with van der Waals surface area (Å²) in [6.45, 7) is -0.566. The van der Waals surface area contributed by atoms with Crippen LogP contribution in [0.5, 0.6) is 5.75 Å². The normalized spacial score (nSPS) is 10.9. The summed E-state index contributed by atoms with van der Waals surface area (Å²) in [6.07, 6.45) is 0. The molecule has 172 valence electrons. The van der Waals surface area contributed by atoms with E-state index in [-0.39, 0.29) is 10.5 Å². The van der Waals surface area contributed by atoms with Gasteiger partial charge in [0.2, 0.25) is 0 Å². The van der Waals surface area contributed by atoms with E-state index in [0.29, 0.717) is 22.1 Å². The summed E-state index contributed by atoms with van der Waals surface area (Å²) in [7, 11) is -1.01. The first-order valence-electron chi connectivity index (χ1n) is 9.67. The molecule has 8 nitrogen and oxygen atoms in total. The number of rotatable bonds is 8. The van der Waals surface area contributed by atoms with Gasteiger partial charge in [0.25, 0.3) is 15.9 Å². The standard InChI is InChI=1S/C23H21ClN2O6S/c1-26(18-8-4-3-5-9-18)33(29,30)19-10-6-7-16(13-19)23(28)32-15-22(27)25-17-11-12-21(31-2)20(24)14-17/h3-14H,15H2,1-2H3,(H,25,27). The molecule has 0 saturated carbocycles. The summed E-state index contributed by atoms with van der Waals surface area (Å²) in [5.41, 5.74) is 0.873. The molecule has 0 bridgehead atoms. The Hall–Kier alpha value is -3.56. The molecule has 1 amide bonds. The van der Waals surface area contributed by atoms with Crippen LogP contribution in [0, 0.1) is 0 Å². The van der Waals surface area contributed by atoms with Crippen LogP contribution >= 0.6 is 11.6 Å². The van der Waals surface area contributed by atoms with Crippen LogP contribution < -0.4 is 14.4 Å². The van der Waals surface area contributed by atoms with E-state index in [1.165, 1.54) is 44.5 Å². The molecule has 33 heavy (non-hydrogen) atoms. The first-order chi connectivity index (χ1) is 15.7. The summed E-state index contributed by atoms with van der Waals surface area (Å²) < 4.78 is 37.1. The van der Waals surface area contributed by atoms with Gasteiger partial charge in [0.05, 0.1) is 28.3 Å². The van der Waals surface area contributed by atoms with Crippen LogP contribution in [-0.4, -0.2) is 41.1 Å². The minimum absolute atomic E-state index is 0.00201. The molecule has 0 fully saturated rings. The van der Waals surface area contributed by atoms with Gasteiger partial charge in [0.1, 0.15) is 5.75 Å². The quantitative estimate of drug-likeness (QED) is 0.481. The average Bonchev–Trinajstić information content (AvgIpc) is 2.82. The Labute approximate surface area is 196 Å². The summed E-state index contributed by atoms with van der Waals surface area (Å²) in [5.74, 6) is -0.969. The van der Waals surface area contributed by atoms with Crippen LogP contribution in [0.25, 0.3) is 0 Å². The van der Waals surface area contributed by atoms with Crippen molar-refractivity contribution in [3.8, 4) is 5.75 Å². The molecule has 0 atom stereocenters. The van der Waals surface area contributed by atoms with Crippen molar-refractivity contribution >= 4 is 44.9 Å². The minimum Gasteiger partial charge on any atom is -0.495 e. The highest BCUT2D eigenvalue weighted by Gasteiger charge is 2.23. The second-order valence-electron chi connectivity index (χ2n) is 6.81. The maximum Gasteiger partial charge on any atom is 0.338 e. The number of nitrogens with zero attached hydrogens (tertiary/aromatic N) is 1. The van der Waals surface area contributed by atoms with E-state index >= 15 is 0 Å². The van der Waals surface area contributed by atoms with Gasteiger partial charge < -0.3 is 14.8 Å². The molecule has 0 aliphatic rings. The van der Waals surface area contributed by atoms with E-state index in [1.54, 1.807) is 42.5 Å². The molecule has 0 heterocycles. The molecule has 0 saturated heterocycles. The van der Waals surface area contributed by atoms with E-state index in [1.807, 2.05) is 0 Å². The molecule has 0 unspecified atom stereocenters. The fourth-order valence-corrected chi connectivity index (χ4v) is 4.37. The van der Waals surface area contributed by atoms with Crippen molar-refractivity contribution in [2.24, 2.45) is 0 Å². The lowest BCUT2D eigenvalue weighted by atomic mass is 10.2. The molecular formula is C23H21ClN2O6S. The van der Waals surface area contributed by atoms with Gasteiger partial charge in [-0.1, -0.05) is 35.9 Å². The number of benzene rings is 3. The molecule has 0 aromatic heterocycles. The molecule has 0 aliphatic carbocycles. The molecule has 3 aromatic rings. The molecule has 0 aliphatic heterocycles. The zero-order chi connectivity index (χ0) is 24.0.